The molecule has 2 atom stereocenters. The maximum absolute atomic E-state index is 15.1. The molecule has 0 bridgehead atoms. The Labute approximate surface area is 189 Å². The molecule has 32 heavy (non-hydrogen) atoms. The van der Waals surface area contributed by atoms with Crippen molar-refractivity contribution < 1.29 is 23.7 Å². The van der Waals surface area contributed by atoms with Crippen LogP contribution in [0.5, 0.6) is 0 Å². The van der Waals surface area contributed by atoms with Gasteiger partial charge in [-0.3, -0.25) is 0 Å². The fourth-order valence-electron chi connectivity index (χ4n) is 3.77. The zero-order valence-electron chi connectivity index (χ0n) is 17.1. The summed E-state index contributed by atoms with van der Waals surface area (Å²) < 4.78 is 34.3. The van der Waals surface area contributed by atoms with Crippen molar-refractivity contribution in [1.29, 1.82) is 0 Å². The molecule has 0 saturated carbocycles. The van der Waals surface area contributed by atoms with E-state index < -0.39 is 30.5 Å². The quantitative estimate of drug-likeness (QED) is 0.603. The van der Waals surface area contributed by atoms with E-state index in [9.17, 15) is 14.6 Å². The van der Waals surface area contributed by atoms with E-state index in [4.69, 9.17) is 16.3 Å². The van der Waals surface area contributed by atoms with Crippen molar-refractivity contribution in [2.75, 3.05) is 25.1 Å². The van der Waals surface area contributed by atoms with Gasteiger partial charge in [-0.05, 0) is 42.7 Å². The van der Waals surface area contributed by atoms with Crippen molar-refractivity contribution in [3.8, 4) is 0 Å². The fraction of sp³-hybridized carbons (Fsp3) is 0.364. The number of nitrogens with one attached hydrogen (secondary N) is 1. The summed E-state index contributed by atoms with van der Waals surface area (Å²) in [5.41, 5.74) is 0.754. The molecule has 1 aromatic heterocycles. The molecule has 10 heteroatoms. The second-order valence-electron chi connectivity index (χ2n) is 7.59. The van der Waals surface area contributed by atoms with Gasteiger partial charge in [0.05, 0.1) is 23.4 Å². The van der Waals surface area contributed by atoms with Crippen LogP contribution in [0.1, 0.15) is 30.1 Å². The number of halogens is 3. The molecule has 1 unspecified atom stereocenters. The third-order valence-corrected chi connectivity index (χ3v) is 5.79. The summed E-state index contributed by atoms with van der Waals surface area (Å²) in [6.45, 7) is 0.842. The summed E-state index contributed by atoms with van der Waals surface area (Å²) in [6, 6.07) is 4.86. The Morgan fingerprint density at radius 1 is 1.25 bits per heavy atom. The predicted molar refractivity (Wildman–Crippen MR) is 116 cm³/mol. The maximum atomic E-state index is 15.1. The summed E-state index contributed by atoms with van der Waals surface area (Å²) in [5.74, 6) is -0.955. The van der Waals surface area contributed by atoms with E-state index in [1.807, 2.05) is 0 Å². The molecule has 0 radical (unpaired) electrons. The van der Waals surface area contributed by atoms with Crippen LogP contribution in [-0.4, -0.2) is 57.2 Å². The molecule has 7 nitrogen and oxygen atoms in total. The number of hydrogen-bond donors (Lipinski definition) is 3. The average molecular weight is 465 g/mol. The van der Waals surface area contributed by atoms with Crippen molar-refractivity contribution >= 4 is 23.1 Å². The van der Waals surface area contributed by atoms with Crippen LogP contribution < -0.4 is 5.32 Å². The Balaban J connectivity index is 1.55. The highest BCUT2D eigenvalue weighted by Gasteiger charge is 2.29. The van der Waals surface area contributed by atoms with E-state index in [0.717, 1.165) is 25.1 Å². The van der Waals surface area contributed by atoms with Crippen LogP contribution in [-0.2, 0) is 4.74 Å². The molecule has 1 aromatic carbocycles. The van der Waals surface area contributed by atoms with Gasteiger partial charge in [0.2, 0.25) is 5.95 Å². The molecule has 0 amide bonds. The lowest BCUT2D eigenvalue weighted by Gasteiger charge is -2.35. The van der Waals surface area contributed by atoms with E-state index in [1.54, 1.807) is 6.07 Å². The van der Waals surface area contributed by atoms with Gasteiger partial charge in [-0.2, -0.15) is 0 Å². The summed E-state index contributed by atoms with van der Waals surface area (Å²) in [5, 5.41) is 23.7. The zero-order chi connectivity index (χ0) is 22.7. The van der Waals surface area contributed by atoms with Gasteiger partial charge in [-0.1, -0.05) is 17.7 Å². The van der Waals surface area contributed by atoms with Crippen molar-refractivity contribution in [2.24, 2.45) is 0 Å². The van der Waals surface area contributed by atoms with Crippen molar-refractivity contribution in [3.05, 3.63) is 70.7 Å². The molecule has 2 aliphatic heterocycles. The minimum Gasteiger partial charge on any atom is -0.394 e. The Morgan fingerprint density at radius 3 is 2.75 bits per heavy atom. The van der Waals surface area contributed by atoms with Crippen LogP contribution in [0.25, 0.3) is 5.57 Å². The van der Waals surface area contributed by atoms with Crippen LogP contribution in [0.2, 0.25) is 5.02 Å². The summed E-state index contributed by atoms with van der Waals surface area (Å²) in [7, 11) is 0. The Morgan fingerprint density at radius 2 is 2.03 bits per heavy atom. The Hall–Kier alpha value is -2.59. The number of rotatable bonds is 6. The number of anilines is 1. The summed E-state index contributed by atoms with van der Waals surface area (Å²) >= 11 is 5.72. The van der Waals surface area contributed by atoms with E-state index in [0.29, 0.717) is 30.4 Å². The van der Waals surface area contributed by atoms with Crippen LogP contribution in [0, 0.1) is 5.82 Å². The summed E-state index contributed by atoms with van der Waals surface area (Å²) in [4.78, 5) is 9.80. The number of allylic oxidation sites excluding steroid dienone is 2. The van der Waals surface area contributed by atoms with Gasteiger partial charge >= 0.3 is 0 Å². The number of benzene rings is 1. The smallest absolute Gasteiger partial charge is 0.223 e. The van der Waals surface area contributed by atoms with Gasteiger partial charge in [0, 0.05) is 37.2 Å². The van der Waals surface area contributed by atoms with Crippen LogP contribution >= 0.6 is 11.6 Å². The van der Waals surface area contributed by atoms with Crippen molar-refractivity contribution in [3.63, 3.8) is 0 Å². The van der Waals surface area contributed by atoms with Gasteiger partial charge < -0.3 is 25.2 Å². The number of aliphatic hydroxyl groups is 2. The van der Waals surface area contributed by atoms with Gasteiger partial charge in [-0.15, -0.1) is 0 Å². The highest BCUT2D eigenvalue weighted by molar-refractivity contribution is 6.30. The van der Waals surface area contributed by atoms with E-state index in [1.165, 1.54) is 29.3 Å². The predicted octanol–water partition coefficient (Wildman–Crippen LogP) is 3.42. The second-order valence-corrected chi connectivity index (χ2v) is 7.99. The molecular weight excluding hydrogens is 442 g/mol. The molecule has 1 saturated heterocycles. The van der Waals surface area contributed by atoms with Gasteiger partial charge in [0.25, 0.3) is 0 Å². The number of hydrogen-bond acceptors (Lipinski definition) is 7. The molecule has 4 rings (SSSR count). The highest BCUT2D eigenvalue weighted by Crippen LogP contribution is 2.34. The molecule has 2 aliphatic rings. The average Bonchev–Trinajstić information content (AvgIpc) is 2.79. The first kappa shape index (κ1) is 22.6. The molecular formula is C22H23ClF2N4O3. The maximum Gasteiger partial charge on any atom is 0.223 e. The first-order valence-electron chi connectivity index (χ1n) is 10.2. The van der Waals surface area contributed by atoms with Gasteiger partial charge in [-0.25, -0.2) is 18.7 Å². The topological polar surface area (TPSA) is 90.7 Å². The lowest BCUT2D eigenvalue weighted by Crippen LogP contribution is -2.37. The van der Waals surface area contributed by atoms with Crippen LogP contribution in [0.3, 0.4) is 0 Å². The minimum atomic E-state index is -1.28. The van der Waals surface area contributed by atoms with Crippen LogP contribution in [0.4, 0.5) is 14.7 Å². The van der Waals surface area contributed by atoms with Crippen LogP contribution in [0.15, 0.2) is 48.6 Å². The lowest BCUT2D eigenvalue weighted by atomic mass is 10.0. The number of ether oxygens (including phenoxy) is 1. The SMILES string of the molecule is OC[C@H](c1ccc(Cl)c(F)c1)N1C=C(F)C(c2ccnc(NC3CCOCC3)n2)=CC1O. The van der Waals surface area contributed by atoms with Gasteiger partial charge in [0.15, 0.2) is 0 Å². The third-order valence-electron chi connectivity index (χ3n) is 5.49. The third kappa shape index (κ3) is 4.91. The first-order chi connectivity index (χ1) is 15.5. The monoisotopic (exact) mass is 464 g/mol. The summed E-state index contributed by atoms with van der Waals surface area (Å²) in [6.07, 6.45) is 4.27. The fourth-order valence-corrected chi connectivity index (χ4v) is 3.89. The molecule has 1 fully saturated rings. The number of aliphatic hydroxyl groups excluding tert-OH is 2. The molecule has 0 aliphatic carbocycles. The second kappa shape index (κ2) is 9.91. The zero-order valence-corrected chi connectivity index (χ0v) is 17.8. The van der Waals surface area contributed by atoms with E-state index in [2.05, 4.69) is 15.3 Å². The van der Waals surface area contributed by atoms with Crippen molar-refractivity contribution in [1.82, 2.24) is 14.9 Å². The lowest BCUT2D eigenvalue weighted by molar-refractivity contribution is 0.0233. The van der Waals surface area contributed by atoms with E-state index >= 15 is 4.39 Å². The number of aromatic nitrogens is 2. The Bertz CT molecular complexity index is 1030. The highest BCUT2D eigenvalue weighted by atomic mass is 35.5. The largest absolute Gasteiger partial charge is 0.394 e. The molecule has 170 valence electrons. The standard InChI is InChI=1S/C22H23ClF2N4O3/c23-16-2-1-13(9-17(16)24)20(12-30)29-11-18(25)15(10-21(29)31)19-3-6-26-22(28-19)27-14-4-7-32-8-5-14/h1-3,6,9-11,14,20-21,30-31H,4-5,7-8,12H2,(H,26,27,28)/t20-,21?/m1/s1. The van der Waals surface area contributed by atoms with E-state index in [-0.39, 0.29) is 16.6 Å². The molecule has 2 aromatic rings. The normalized spacial score (nSPS) is 20.5. The first-order valence-corrected chi connectivity index (χ1v) is 10.6. The Kier molecular flexibility index (Phi) is 7.00. The molecule has 3 N–H and O–H groups in total. The van der Waals surface area contributed by atoms with Gasteiger partial charge in [0.1, 0.15) is 17.9 Å². The minimum absolute atomic E-state index is 0.0672. The number of nitrogens with zero attached hydrogens (tertiary/aromatic N) is 3. The van der Waals surface area contributed by atoms with Crippen molar-refractivity contribution in [2.45, 2.75) is 31.2 Å². The molecule has 3 heterocycles. The molecule has 0 spiro atoms.